The number of nitrogens with zero attached hydrogens (tertiary/aromatic N) is 3. The number of pyridine rings is 1. The average Bonchev–Trinajstić information content (AvgIpc) is 3.05. The molecule has 3 rings (SSSR count). The van der Waals surface area contributed by atoms with Gasteiger partial charge in [-0.3, -0.25) is 14.0 Å². The van der Waals surface area contributed by atoms with Crippen molar-refractivity contribution in [3.63, 3.8) is 0 Å². The van der Waals surface area contributed by atoms with Crippen LogP contribution < -0.4 is 5.32 Å². The molecule has 0 saturated heterocycles. The van der Waals surface area contributed by atoms with Gasteiger partial charge in [-0.2, -0.15) is 0 Å². The van der Waals surface area contributed by atoms with E-state index >= 15 is 0 Å². The fourth-order valence-electron chi connectivity index (χ4n) is 2.78. The number of unbranched alkanes of at least 4 members (excludes halogenated alkanes) is 1. The van der Waals surface area contributed by atoms with Crippen molar-refractivity contribution < 1.29 is 9.59 Å². The zero-order chi connectivity index (χ0) is 19.4. The quantitative estimate of drug-likeness (QED) is 0.695. The van der Waals surface area contributed by atoms with Crippen molar-refractivity contribution in [1.29, 1.82) is 0 Å². The summed E-state index contributed by atoms with van der Waals surface area (Å²) < 4.78 is 1.65. The molecule has 0 atom stereocenters. The summed E-state index contributed by atoms with van der Waals surface area (Å²) in [5, 5.41) is 3.31. The third-order valence-electron chi connectivity index (χ3n) is 4.23. The maximum absolute atomic E-state index is 12.8. The number of benzene rings is 1. The van der Waals surface area contributed by atoms with Crippen LogP contribution >= 0.6 is 11.6 Å². The first-order valence-electron chi connectivity index (χ1n) is 8.80. The van der Waals surface area contributed by atoms with E-state index < -0.39 is 5.91 Å². The van der Waals surface area contributed by atoms with Crippen molar-refractivity contribution >= 4 is 34.6 Å². The summed E-state index contributed by atoms with van der Waals surface area (Å²) in [5.41, 5.74) is 1.34. The van der Waals surface area contributed by atoms with Gasteiger partial charge >= 0.3 is 0 Å². The fourth-order valence-corrected chi connectivity index (χ4v) is 2.97. The summed E-state index contributed by atoms with van der Waals surface area (Å²) in [6.45, 7) is 2.71. The number of anilines is 1. The van der Waals surface area contributed by atoms with Crippen LogP contribution in [0.15, 0.2) is 48.7 Å². The van der Waals surface area contributed by atoms with Crippen LogP contribution in [0, 0.1) is 0 Å². The minimum atomic E-state index is -0.392. The maximum atomic E-state index is 12.8. The molecule has 7 heteroatoms. The second-order valence-electron chi connectivity index (χ2n) is 6.28. The van der Waals surface area contributed by atoms with Gasteiger partial charge in [0, 0.05) is 30.5 Å². The number of hydrogen-bond donors (Lipinski definition) is 1. The second kappa shape index (κ2) is 8.22. The highest BCUT2D eigenvalue weighted by molar-refractivity contribution is 6.31. The van der Waals surface area contributed by atoms with Crippen LogP contribution in [0.2, 0.25) is 5.02 Å². The summed E-state index contributed by atoms with van der Waals surface area (Å²) in [5.74, 6) is -0.386. The monoisotopic (exact) mass is 384 g/mol. The van der Waals surface area contributed by atoms with Crippen LogP contribution in [0.4, 0.5) is 5.69 Å². The van der Waals surface area contributed by atoms with Gasteiger partial charge in [-0.25, -0.2) is 4.98 Å². The van der Waals surface area contributed by atoms with Gasteiger partial charge in [0.25, 0.3) is 11.8 Å². The van der Waals surface area contributed by atoms with E-state index in [1.165, 1.54) is 0 Å². The molecule has 1 N–H and O–H groups in total. The number of aromatic nitrogens is 2. The lowest BCUT2D eigenvalue weighted by molar-refractivity contribution is 0.0780. The Hall–Kier alpha value is -2.86. The van der Waals surface area contributed by atoms with Crippen LogP contribution in [0.25, 0.3) is 5.52 Å². The molecular weight excluding hydrogens is 364 g/mol. The lowest BCUT2D eigenvalue weighted by Gasteiger charge is -2.15. The van der Waals surface area contributed by atoms with Crippen molar-refractivity contribution in [3.05, 3.63) is 65.2 Å². The van der Waals surface area contributed by atoms with Crippen LogP contribution in [-0.2, 0) is 0 Å². The Morgan fingerprint density at radius 1 is 1.22 bits per heavy atom. The van der Waals surface area contributed by atoms with Crippen LogP contribution in [0.5, 0.6) is 0 Å². The standard InChI is InChI=1S/C20H21ClN4O2/c1-3-4-11-24(2)20(27)18-23-17(16-10-5-6-12-25(16)18)19(26)22-15-9-7-8-14(21)13-15/h5-10,12-13H,3-4,11H2,1-2H3,(H,22,26). The lowest BCUT2D eigenvalue weighted by Crippen LogP contribution is -2.29. The van der Waals surface area contributed by atoms with Gasteiger partial charge in [0.15, 0.2) is 5.69 Å². The molecule has 0 fully saturated rings. The molecule has 27 heavy (non-hydrogen) atoms. The smallest absolute Gasteiger partial charge is 0.289 e. The fraction of sp³-hybridized carbons (Fsp3) is 0.250. The Morgan fingerprint density at radius 3 is 2.78 bits per heavy atom. The Kier molecular flexibility index (Phi) is 5.76. The number of hydrogen-bond acceptors (Lipinski definition) is 3. The highest BCUT2D eigenvalue weighted by atomic mass is 35.5. The summed E-state index contributed by atoms with van der Waals surface area (Å²) >= 11 is 5.97. The molecule has 0 unspecified atom stereocenters. The number of carbonyl (C=O) groups is 2. The molecule has 6 nitrogen and oxygen atoms in total. The third kappa shape index (κ3) is 4.11. The van der Waals surface area contributed by atoms with Gasteiger partial charge in [0.1, 0.15) is 0 Å². The van der Waals surface area contributed by atoms with E-state index in [-0.39, 0.29) is 17.4 Å². The molecule has 0 aliphatic rings. The van der Waals surface area contributed by atoms with Gasteiger partial charge in [-0.15, -0.1) is 0 Å². The molecule has 0 saturated carbocycles. The normalized spacial score (nSPS) is 10.8. The van der Waals surface area contributed by atoms with Gasteiger partial charge in [0.05, 0.1) is 5.52 Å². The molecule has 1 aromatic carbocycles. The lowest BCUT2D eigenvalue weighted by atomic mass is 10.3. The van der Waals surface area contributed by atoms with E-state index in [9.17, 15) is 9.59 Å². The van der Waals surface area contributed by atoms with E-state index in [0.717, 1.165) is 12.8 Å². The molecule has 0 radical (unpaired) electrons. The first-order valence-corrected chi connectivity index (χ1v) is 9.18. The predicted octanol–water partition coefficient (Wildman–Crippen LogP) is 4.11. The second-order valence-corrected chi connectivity index (χ2v) is 6.72. The molecule has 140 valence electrons. The van der Waals surface area contributed by atoms with Gasteiger partial charge in [-0.1, -0.05) is 37.1 Å². The molecule has 3 aromatic rings. The zero-order valence-corrected chi connectivity index (χ0v) is 16.0. The number of amides is 2. The van der Waals surface area contributed by atoms with Crippen molar-refractivity contribution in [1.82, 2.24) is 14.3 Å². The van der Waals surface area contributed by atoms with E-state index in [1.54, 1.807) is 58.9 Å². The highest BCUT2D eigenvalue weighted by Gasteiger charge is 2.23. The van der Waals surface area contributed by atoms with Crippen LogP contribution in [0.3, 0.4) is 0 Å². The zero-order valence-electron chi connectivity index (χ0n) is 15.3. The first kappa shape index (κ1) is 18.9. The van der Waals surface area contributed by atoms with Gasteiger partial charge < -0.3 is 10.2 Å². The van der Waals surface area contributed by atoms with Gasteiger partial charge in [-0.05, 0) is 36.8 Å². The Balaban J connectivity index is 1.94. The molecule has 0 spiro atoms. The van der Waals surface area contributed by atoms with Crippen molar-refractivity contribution in [3.8, 4) is 0 Å². The van der Waals surface area contributed by atoms with E-state index in [1.807, 2.05) is 6.07 Å². The molecule has 0 aliphatic heterocycles. The Morgan fingerprint density at radius 2 is 2.04 bits per heavy atom. The molecule has 0 aliphatic carbocycles. The summed E-state index contributed by atoms with van der Waals surface area (Å²) in [6, 6.07) is 12.3. The van der Waals surface area contributed by atoms with Crippen LogP contribution in [-0.4, -0.2) is 39.7 Å². The predicted molar refractivity (Wildman–Crippen MR) is 106 cm³/mol. The summed E-state index contributed by atoms with van der Waals surface area (Å²) in [4.78, 5) is 31.6. The van der Waals surface area contributed by atoms with Gasteiger partial charge in [0.2, 0.25) is 5.82 Å². The van der Waals surface area contributed by atoms with Crippen molar-refractivity contribution in [2.24, 2.45) is 0 Å². The maximum Gasteiger partial charge on any atom is 0.289 e. The Labute approximate surface area is 162 Å². The molecule has 0 bridgehead atoms. The summed E-state index contributed by atoms with van der Waals surface area (Å²) in [6.07, 6.45) is 3.64. The number of halogens is 1. The summed E-state index contributed by atoms with van der Waals surface area (Å²) in [7, 11) is 1.74. The molecule has 2 amide bonds. The SMILES string of the molecule is CCCCN(C)C(=O)c1nc(C(=O)Nc2cccc(Cl)c2)c2ccccn12. The molecule has 2 heterocycles. The van der Waals surface area contributed by atoms with E-state index in [0.29, 0.717) is 22.8 Å². The molecule has 2 aromatic heterocycles. The van der Waals surface area contributed by atoms with Crippen molar-refractivity contribution in [2.45, 2.75) is 19.8 Å². The van der Waals surface area contributed by atoms with E-state index in [2.05, 4.69) is 17.2 Å². The van der Waals surface area contributed by atoms with E-state index in [4.69, 9.17) is 11.6 Å². The molecular formula is C20H21ClN4O2. The number of rotatable bonds is 6. The van der Waals surface area contributed by atoms with Crippen molar-refractivity contribution in [2.75, 3.05) is 18.9 Å². The minimum Gasteiger partial charge on any atom is -0.339 e. The Bertz CT molecular complexity index is 983. The number of fused-ring (bicyclic) bond motifs is 1. The third-order valence-corrected chi connectivity index (χ3v) is 4.47. The minimum absolute atomic E-state index is 0.197. The number of nitrogens with one attached hydrogen (secondary N) is 1. The topological polar surface area (TPSA) is 66.7 Å². The number of imidazole rings is 1. The number of carbonyl (C=O) groups excluding carboxylic acids is 2. The first-order chi connectivity index (χ1) is 13.0. The van der Waals surface area contributed by atoms with Crippen LogP contribution in [0.1, 0.15) is 40.9 Å². The largest absolute Gasteiger partial charge is 0.339 e. The average molecular weight is 385 g/mol. The highest BCUT2D eigenvalue weighted by Crippen LogP contribution is 2.19.